The predicted molar refractivity (Wildman–Crippen MR) is 95.7 cm³/mol. The van der Waals surface area contributed by atoms with E-state index in [4.69, 9.17) is 14.5 Å². The number of hydrogen-bond acceptors (Lipinski definition) is 5. The van der Waals surface area contributed by atoms with Crippen LogP contribution >= 0.6 is 0 Å². The molecule has 0 heterocycles. The number of aliphatic hydroxyl groups excluding tert-OH is 1. The molecule has 0 aliphatic rings. The molecular formula is C19H38O5. The molecule has 0 aliphatic heterocycles. The molecule has 144 valence electrons. The first-order valence-electron chi connectivity index (χ1n) is 9.51. The lowest BCUT2D eigenvalue weighted by Gasteiger charge is -2.24. The molecule has 0 aromatic rings. The Balaban J connectivity index is 4.09. The summed E-state index contributed by atoms with van der Waals surface area (Å²) >= 11 is 0. The molecule has 0 saturated heterocycles. The molecule has 0 fully saturated rings. The third-order valence-electron chi connectivity index (χ3n) is 3.99. The number of unbranched alkanes of at least 4 members (excludes halogenated alkanes) is 4. The smallest absolute Gasteiger partial charge is 0.432 e. The van der Waals surface area contributed by atoms with Crippen molar-refractivity contribution in [3.05, 3.63) is 0 Å². The zero-order chi connectivity index (χ0) is 18.4. The molecule has 0 aromatic heterocycles. The Morgan fingerprint density at radius 3 is 2.25 bits per heavy atom. The molecule has 0 bridgehead atoms. The minimum absolute atomic E-state index is 0.372. The van der Waals surface area contributed by atoms with Crippen LogP contribution in [0.3, 0.4) is 0 Å². The highest BCUT2D eigenvalue weighted by atomic mass is 17.2. The van der Waals surface area contributed by atoms with Crippen LogP contribution in [-0.4, -0.2) is 29.6 Å². The van der Waals surface area contributed by atoms with E-state index in [1.165, 1.54) is 25.7 Å². The maximum absolute atomic E-state index is 11.7. The molecule has 24 heavy (non-hydrogen) atoms. The van der Waals surface area contributed by atoms with Crippen molar-refractivity contribution in [1.82, 2.24) is 0 Å². The molecule has 5 heteroatoms. The molecule has 2 atom stereocenters. The molecule has 5 nitrogen and oxygen atoms in total. The fraction of sp³-hybridized carbons (Fsp3) is 0.947. The summed E-state index contributed by atoms with van der Waals surface area (Å²) in [5.41, 5.74) is -0.741. The summed E-state index contributed by atoms with van der Waals surface area (Å²) in [7, 11) is 0. The van der Waals surface area contributed by atoms with Gasteiger partial charge in [0, 0.05) is 6.42 Å². The Hall–Kier alpha value is -0.810. The highest BCUT2D eigenvalue weighted by molar-refractivity contribution is 5.58. The van der Waals surface area contributed by atoms with E-state index in [1.54, 1.807) is 20.8 Å². The van der Waals surface area contributed by atoms with Crippen molar-refractivity contribution >= 4 is 6.16 Å². The second-order valence-electron chi connectivity index (χ2n) is 7.40. The summed E-state index contributed by atoms with van der Waals surface area (Å²) in [6.07, 6.45) is 8.39. The largest absolute Gasteiger partial charge is 0.540 e. The maximum atomic E-state index is 11.7. The molecule has 0 spiro atoms. The highest BCUT2D eigenvalue weighted by Crippen LogP contribution is 2.20. The number of carbonyl (C=O) groups is 1. The van der Waals surface area contributed by atoms with Gasteiger partial charge in [-0.1, -0.05) is 52.4 Å². The standard InChI is InChI=1S/C19H38O5/c1-6-8-10-11-13-17(12-9-7-2)15-22-18(21)23-24-19(4,5)14-16(3)20/h16-17,20H,6-15H2,1-5H3. The topological polar surface area (TPSA) is 65.0 Å². The molecule has 0 aliphatic carbocycles. The number of ether oxygens (including phenoxy) is 1. The first-order valence-corrected chi connectivity index (χ1v) is 9.51. The summed E-state index contributed by atoms with van der Waals surface area (Å²) in [6, 6.07) is 0. The fourth-order valence-corrected chi connectivity index (χ4v) is 2.77. The lowest BCUT2D eigenvalue weighted by atomic mass is 9.96. The second-order valence-corrected chi connectivity index (χ2v) is 7.40. The van der Waals surface area contributed by atoms with Gasteiger partial charge < -0.3 is 9.84 Å². The van der Waals surface area contributed by atoms with Gasteiger partial charge >= 0.3 is 6.16 Å². The van der Waals surface area contributed by atoms with E-state index in [0.717, 1.165) is 25.7 Å². The van der Waals surface area contributed by atoms with Crippen molar-refractivity contribution < 1.29 is 24.4 Å². The predicted octanol–water partition coefficient (Wildman–Crippen LogP) is 5.40. The molecule has 0 radical (unpaired) electrons. The Kier molecular flexibility index (Phi) is 13.0. The van der Waals surface area contributed by atoms with Crippen molar-refractivity contribution in [2.24, 2.45) is 5.92 Å². The Bertz CT molecular complexity index is 315. The number of hydrogen-bond donors (Lipinski definition) is 1. The van der Waals surface area contributed by atoms with Crippen LogP contribution in [0.1, 0.15) is 92.4 Å². The molecule has 2 unspecified atom stereocenters. The molecule has 0 amide bonds. The first-order chi connectivity index (χ1) is 11.3. The molecule has 1 N–H and O–H groups in total. The van der Waals surface area contributed by atoms with Crippen LogP contribution in [-0.2, 0) is 14.5 Å². The van der Waals surface area contributed by atoms with Crippen LogP contribution in [0.4, 0.5) is 4.79 Å². The van der Waals surface area contributed by atoms with E-state index >= 15 is 0 Å². The van der Waals surface area contributed by atoms with E-state index in [9.17, 15) is 9.90 Å². The van der Waals surface area contributed by atoms with Gasteiger partial charge in [-0.25, -0.2) is 4.79 Å². The van der Waals surface area contributed by atoms with Gasteiger partial charge in [-0.2, -0.15) is 4.89 Å². The third kappa shape index (κ3) is 13.6. The average molecular weight is 347 g/mol. The zero-order valence-corrected chi connectivity index (χ0v) is 16.3. The van der Waals surface area contributed by atoms with Crippen LogP contribution < -0.4 is 0 Å². The molecule has 0 aromatic carbocycles. The second kappa shape index (κ2) is 13.5. The van der Waals surface area contributed by atoms with Gasteiger partial charge in [0.2, 0.25) is 0 Å². The number of aliphatic hydroxyl groups is 1. The number of carbonyl (C=O) groups excluding carboxylic acids is 1. The summed E-state index contributed by atoms with van der Waals surface area (Å²) in [5, 5.41) is 9.38. The zero-order valence-electron chi connectivity index (χ0n) is 16.3. The lowest BCUT2D eigenvalue weighted by molar-refractivity contribution is -0.322. The van der Waals surface area contributed by atoms with Gasteiger partial charge in [0.25, 0.3) is 0 Å². The molecular weight excluding hydrogens is 308 g/mol. The average Bonchev–Trinajstić information content (AvgIpc) is 2.50. The van der Waals surface area contributed by atoms with Gasteiger partial charge in [0.1, 0.15) is 5.60 Å². The van der Waals surface area contributed by atoms with Crippen molar-refractivity contribution in [2.45, 2.75) is 104 Å². The van der Waals surface area contributed by atoms with Gasteiger partial charge in [-0.3, -0.25) is 4.89 Å². The van der Waals surface area contributed by atoms with E-state index in [-0.39, 0.29) is 0 Å². The van der Waals surface area contributed by atoms with E-state index in [2.05, 4.69) is 13.8 Å². The van der Waals surface area contributed by atoms with E-state index in [1.807, 2.05) is 0 Å². The molecule has 0 saturated carbocycles. The molecule has 0 rings (SSSR count). The monoisotopic (exact) mass is 346 g/mol. The van der Waals surface area contributed by atoms with Crippen LogP contribution in [0, 0.1) is 5.92 Å². The van der Waals surface area contributed by atoms with E-state index < -0.39 is 17.9 Å². The number of rotatable bonds is 14. The van der Waals surface area contributed by atoms with Gasteiger partial charge in [-0.05, 0) is 39.5 Å². The van der Waals surface area contributed by atoms with Gasteiger partial charge in [0.15, 0.2) is 0 Å². The van der Waals surface area contributed by atoms with Crippen LogP contribution in [0.25, 0.3) is 0 Å². The van der Waals surface area contributed by atoms with Crippen molar-refractivity contribution in [3.63, 3.8) is 0 Å². The third-order valence-corrected chi connectivity index (χ3v) is 3.99. The minimum atomic E-state index is -0.802. The van der Waals surface area contributed by atoms with Crippen LogP contribution in [0.2, 0.25) is 0 Å². The summed E-state index contributed by atoms with van der Waals surface area (Å²) < 4.78 is 5.21. The summed E-state index contributed by atoms with van der Waals surface area (Å²) in [5.74, 6) is 0.389. The van der Waals surface area contributed by atoms with Crippen LogP contribution in [0.15, 0.2) is 0 Å². The lowest BCUT2D eigenvalue weighted by Crippen LogP contribution is -2.30. The van der Waals surface area contributed by atoms with Gasteiger partial charge in [0.05, 0.1) is 12.7 Å². The Labute approximate surface area is 148 Å². The Morgan fingerprint density at radius 2 is 1.67 bits per heavy atom. The fourth-order valence-electron chi connectivity index (χ4n) is 2.77. The SMILES string of the molecule is CCCCCCC(CCCC)COC(=O)OOC(C)(C)CC(C)O. The highest BCUT2D eigenvalue weighted by Gasteiger charge is 2.25. The summed E-state index contributed by atoms with van der Waals surface area (Å²) in [4.78, 5) is 21.5. The minimum Gasteiger partial charge on any atom is -0.432 e. The van der Waals surface area contributed by atoms with Crippen LogP contribution in [0.5, 0.6) is 0 Å². The quantitative estimate of drug-likeness (QED) is 0.197. The first kappa shape index (κ1) is 23.2. The van der Waals surface area contributed by atoms with Gasteiger partial charge in [-0.15, -0.1) is 0 Å². The normalized spacial score (nSPS) is 14.2. The Morgan fingerprint density at radius 1 is 1.04 bits per heavy atom. The van der Waals surface area contributed by atoms with E-state index in [0.29, 0.717) is 18.9 Å². The summed E-state index contributed by atoms with van der Waals surface area (Å²) in [6.45, 7) is 9.93. The van der Waals surface area contributed by atoms with Crippen molar-refractivity contribution in [2.75, 3.05) is 6.61 Å². The van der Waals surface area contributed by atoms with Crippen molar-refractivity contribution in [1.29, 1.82) is 0 Å². The maximum Gasteiger partial charge on any atom is 0.540 e. The van der Waals surface area contributed by atoms with Crippen molar-refractivity contribution in [3.8, 4) is 0 Å².